The minimum atomic E-state index is -0.408. The second kappa shape index (κ2) is 5.21. The smallest absolute Gasteiger partial charge is 0.258 e. The van der Waals surface area contributed by atoms with Gasteiger partial charge in [-0.15, -0.1) is 0 Å². The van der Waals surface area contributed by atoms with E-state index in [0.717, 1.165) is 11.1 Å². The number of nitrogens with zero attached hydrogens (tertiary/aromatic N) is 2. The highest BCUT2D eigenvalue weighted by Crippen LogP contribution is 2.25. The van der Waals surface area contributed by atoms with Gasteiger partial charge in [0.1, 0.15) is 6.20 Å². The van der Waals surface area contributed by atoms with Gasteiger partial charge in [-0.25, -0.2) is 0 Å². The van der Waals surface area contributed by atoms with Crippen molar-refractivity contribution in [1.82, 2.24) is 4.98 Å². The van der Waals surface area contributed by atoms with E-state index in [0.29, 0.717) is 5.39 Å². The molecule has 0 spiro atoms. The predicted molar refractivity (Wildman–Crippen MR) is 64.5 cm³/mol. The molecular weight excluding hydrogens is 204 g/mol. The standard InChI is InChI=1S/C10H8N2O2.C2H6/c1-7-8-4-2-3-5-9(8)10(6-11-7)12(13)14;1-2/h2-6H,1H3;1-2H3. The first kappa shape index (κ1) is 12.1. The lowest BCUT2D eigenvalue weighted by Gasteiger charge is -2.00. The molecule has 84 valence electrons. The second-order valence-electron chi connectivity index (χ2n) is 3.03. The number of hydrogen-bond donors (Lipinski definition) is 0. The Morgan fingerprint density at radius 3 is 2.31 bits per heavy atom. The van der Waals surface area contributed by atoms with Crippen molar-refractivity contribution in [2.75, 3.05) is 0 Å². The third-order valence-corrected chi connectivity index (χ3v) is 2.17. The van der Waals surface area contributed by atoms with Gasteiger partial charge >= 0.3 is 0 Å². The fourth-order valence-electron chi connectivity index (χ4n) is 1.46. The number of aromatic nitrogens is 1. The molecule has 0 atom stereocenters. The predicted octanol–water partition coefficient (Wildman–Crippen LogP) is 3.48. The van der Waals surface area contributed by atoms with Crippen molar-refractivity contribution in [3.63, 3.8) is 0 Å². The van der Waals surface area contributed by atoms with Gasteiger partial charge < -0.3 is 0 Å². The lowest BCUT2D eigenvalue weighted by atomic mass is 10.1. The summed E-state index contributed by atoms with van der Waals surface area (Å²) in [4.78, 5) is 14.3. The summed E-state index contributed by atoms with van der Waals surface area (Å²) < 4.78 is 0. The summed E-state index contributed by atoms with van der Waals surface area (Å²) in [6.45, 7) is 5.84. The third-order valence-electron chi connectivity index (χ3n) is 2.17. The molecule has 0 N–H and O–H groups in total. The molecule has 2 rings (SSSR count). The van der Waals surface area contributed by atoms with Gasteiger partial charge in [0, 0.05) is 11.1 Å². The first-order chi connectivity index (χ1) is 7.70. The molecule has 4 heteroatoms. The zero-order valence-electron chi connectivity index (χ0n) is 9.60. The number of hydrogen-bond acceptors (Lipinski definition) is 3. The molecule has 0 fully saturated rings. The molecule has 0 aliphatic rings. The Hall–Kier alpha value is -1.97. The summed E-state index contributed by atoms with van der Waals surface area (Å²) in [5.74, 6) is 0. The van der Waals surface area contributed by atoms with Gasteiger partial charge in [-0.1, -0.05) is 32.0 Å². The number of rotatable bonds is 1. The van der Waals surface area contributed by atoms with Gasteiger partial charge in [0.25, 0.3) is 5.69 Å². The highest BCUT2D eigenvalue weighted by Gasteiger charge is 2.12. The fourth-order valence-corrected chi connectivity index (χ4v) is 1.46. The topological polar surface area (TPSA) is 56.0 Å². The van der Waals surface area contributed by atoms with Gasteiger partial charge in [0.05, 0.1) is 10.3 Å². The van der Waals surface area contributed by atoms with Crippen LogP contribution in [0.1, 0.15) is 19.5 Å². The van der Waals surface area contributed by atoms with Crippen LogP contribution >= 0.6 is 0 Å². The van der Waals surface area contributed by atoms with Crippen molar-refractivity contribution in [2.45, 2.75) is 20.8 Å². The van der Waals surface area contributed by atoms with Crippen molar-refractivity contribution in [3.8, 4) is 0 Å². The van der Waals surface area contributed by atoms with Gasteiger partial charge in [0.2, 0.25) is 0 Å². The van der Waals surface area contributed by atoms with Crippen molar-refractivity contribution in [2.24, 2.45) is 0 Å². The molecular formula is C12H14N2O2. The van der Waals surface area contributed by atoms with E-state index in [2.05, 4.69) is 4.98 Å². The normalized spacial score (nSPS) is 9.44. The minimum Gasteiger partial charge on any atom is -0.258 e. The van der Waals surface area contributed by atoms with Gasteiger partial charge in [-0.05, 0) is 13.0 Å². The lowest BCUT2D eigenvalue weighted by Crippen LogP contribution is -1.92. The molecule has 0 radical (unpaired) electrons. The van der Waals surface area contributed by atoms with E-state index in [1.54, 1.807) is 12.1 Å². The first-order valence-corrected chi connectivity index (χ1v) is 5.19. The van der Waals surface area contributed by atoms with Crippen LogP contribution in [0.2, 0.25) is 0 Å². The Labute approximate surface area is 94.1 Å². The Bertz CT molecular complexity index is 509. The molecule has 0 unspecified atom stereocenters. The van der Waals surface area contributed by atoms with Gasteiger partial charge in [0.15, 0.2) is 0 Å². The molecule has 1 aromatic heterocycles. The zero-order valence-corrected chi connectivity index (χ0v) is 9.60. The van der Waals surface area contributed by atoms with E-state index in [9.17, 15) is 10.1 Å². The Kier molecular flexibility index (Phi) is 3.94. The van der Waals surface area contributed by atoms with E-state index >= 15 is 0 Å². The van der Waals surface area contributed by atoms with E-state index in [-0.39, 0.29) is 5.69 Å². The van der Waals surface area contributed by atoms with Crippen LogP contribution in [0.4, 0.5) is 5.69 Å². The maximum Gasteiger partial charge on any atom is 0.295 e. The van der Waals surface area contributed by atoms with Crippen LogP contribution in [0.15, 0.2) is 30.5 Å². The summed E-state index contributed by atoms with van der Waals surface area (Å²) in [5, 5.41) is 12.2. The van der Waals surface area contributed by atoms with Crippen LogP contribution in [0, 0.1) is 17.0 Å². The molecule has 1 aromatic carbocycles. The third kappa shape index (κ3) is 2.16. The molecule has 0 bridgehead atoms. The highest BCUT2D eigenvalue weighted by atomic mass is 16.6. The van der Waals surface area contributed by atoms with Gasteiger partial charge in [-0.2, -0.15) is 0 Å². The van der Waals surface area contributed by atoms with Crippen LogP contribution in [0.25, 0.3) is 10.8 Å². The first-order valence-electron chi connectivity index (χ1n) is 5.19. The summed E-state index contributed by atoms with van der Waals surface area (Å²) in [5.41, 5.74) is 0.873. The van der Waals surface area contributed by atoms with Crippen LogP contribution in [0.5, 0.6) is 0 Å². The molecule has 0 amide bonds. The van der Waals surface area contributed by atoms with Crippen LogP contribution in [-0.2, 0) is 0 Å². The number of pyridine rings is 1. The maximum absolute atomic E-state index is 10.7. The largest absolute Gasteiger partial charge is 0.295 e. The molecule has 1 heterocycles. The molecule has 0 saturated carbocycles. The zero-order chi connectivity index (χ0) is 12.1. The summed E-state index contributed by atoms with van der Waals surface area (Å²) in [7, 11) is 0. The maximum atomic E-state index is 10.7. The summed E-state index contributed by atoms with van der Waals surface area (Å²) in [6, 6.07) is 7.21. The second-order valence-corrected chi connectivity index (χ2v) is 3.03. The Balaban J connectivity index is 0.000000606. The van der Waals surface area contributed by atoms with Crippen molar-refractivity contribution >= 4 is 16.5 Å². The van der Waals surface area contributed by atoms with Crippen molar-refractivity contribution in [1.29, 1.82) is 0 Å². The quantitative estimate of drug-likeness (QED) is 0.544. The highest BCUT2D eigenvalue weighted by molar-refractivity contribution is 5.91. The Morgan fingerprint density at radius 2 is 1.75 bits per heavy atom. The van der Waals surface area contributed by atoms with E-state index < -0.39 is 4.92 Å². The van der Waals surface area contributed by atoms with Crippen LogP contribution in [-0.4, -0.2) is 9.91 Å². The van der Waals surface area contributed by atoms with Crippen LogP contribution in [0.3, 0.4) is 0 Å². The monoisotopic (exact) mass is 218 g/mol. The number of nitro groups is 1. The van der Waals surface area contributed by atoms with E-state index in [1.807, 2.05) is 32.9 Å². The number of benzene rings is 1. The average Bonchev–Trinajstić information content (AvgIpc) is 2.32. The van der Waals surface area contributed by atoms with E-state index in [4.69, 9.17) is 0 Å². The minimum absolute atomic E-state index is 0.0613. The molecule has 0 saturated heterocycles. The molecule has 2 aromatic rings. The fraction of sp³-hybridized carbons (Fsp3) is 0.250. The van der Waals surface area contributed by atoms with Crippen molar-refractivity contribution < 1.29 is 4.92 Å². The molecule has 0 aliphatic carbocycles. The van der Waals surface area contributed by atoms with Gasteiger partial charge in [-0.3, -0.25) is 15.1 Å². The lowest BCUT2D eigenvalue weighted by molar-refractivity contribution is -0.383. The number of aryl methyl sites for hydroxylation is 1. The summed E-state index contributed by atoms with van der Waals surface area (Å²) in [6.07, 6.45) is 1.30. The molecule has 16 heavy (non-hydrogen) atoms. The number of fused-ring (bicyclic) bond motifs is 1. The van der Waals surface area contributed by atoms with E-state index in [1.165, 1.54) is 6.20 Å². The summed E-state index contributed by atoms with van der Waals surface area (Å²) >= 11 is 0. The molecule has 0 aliphatic heterocycles. The van der Waals surface area contributed by atoms with Crippen LogP contribution < -0.4 is 0 Å². The van der Waals surface area contributed by atoms with Crippen molar-refractivity contribution in [3.05, 3.63) is 46.3 Å². The SMILES string of the molecule is CC.Cc1ncc([N+](=O)[O-])c2ccccc12. The Morgan fingerprint density at radius 1 is 1.19 bits per heavy atom. The molecule has 4 nitrogen and oxygen atoms in total. The average molecular weight is 218 g/mol.